The molecule has 0 bridgehead atoms. The number of nitro groups is 1. The highest BCUT2D eigenvalue weighted by Crippen LogP contribution is 2.35. The van der Waals surface area contributed by atoms with E-state index in [4.69, 9.17) is 0 Å². The second-order valence-electron chi connectivity index (χ2n) is 6.00. The first-order valence-corrected chi connectivity index (χ1v) is 9.03. The van der Waals surface area contributed by atoms with Gasteiger partial charge < -0.3 is 4.90 Å². The normalized spacial score (nSPS) is 24.2. The number of carbonyl (C=O) groups excluding carboxylic acids is 1. The van der Waals surface area contributed by atoms with Gasteiger partial charge in [0, 0.05) is 37.5 Å². The fourth-order valence-corrected chi connectivity index (χ4v) is 4.28. The molecule has 2 aliphatic rings. The predicted molar refractivity (Wildman–Crippen MR) is 80.6 cm³/mol. The van der Waals surface area contributed by atoms with Crippen molar-refractivity contribution in [3.8, 4) is 0 Å². The number of halogens is 2. The molecule has 1 saturated carbocycles. The highest BCUT2D eigenvalue weighted by atomic mass is 32.2. The van der Waals surface area contributed by atoms with E-state index in [0.717, 1.165) is 16.4 Å². The van der Waals surface area contributed by atoms with Gasteiger partial charge in [-0.2, -0.15) is 4.31 Å². The van der Waals surface area contributed by atoms with Crippen LogP contribution in [0.2, 0.25) is 0 Å². The molecule has 0 aromatic heterocycles. The van der Waals surface area contributed by atoms with Gasteiger partial charge in [-0.1, -0.05) is 0 Å². The Balaban J connectivity index is 1.64. The van der Waals surface area contributed by atoms with Gasteiger partial charge in [0.25, 0.3) is 0 Å². The number of carbonyl (C=O) groups is 1. The lowest BCUT2D eigenvalue weighted by Crippen LogP contribution is -2.51. The minimum atomic E-state index is -4.00. The molecule has 1 heterocycles. The van der Waals surface area contributed by atoms with Crippen molar-refractivity contribution in [2.24, 2.45) is 5.92 Å². The SMILES string of the molecule is O=C([C@@H]1C[C@@H]1[N+](=O)[O-])N1CCN(S(=O)(=O)c2ccc(F)c(F)c2)CC1. The first-order chi connectivity index (χ1) is 11.7. The summed E-state index contributed by atoms with van der Waals surface area (Å²) < 4.78 is 52.2. The van der Waals surface area contributed by atoms with Crippen molar-refractivity contribution in [2.75, 3.05) is 26.2 Å². The van der Waals surface area contributed by atoms with Crippen LogP contribution in [0, 0.1) is 27.7 Å². The molecular weight excluding hydrogens is 360 g/mol. The second kappa shape index (κ2) is 6.30. The van der Waals surface area contributed by atoms with Gasteiger partial charge in [-0.05, 0) is 18.2 Å². The largest absolute Gasteiger partial charge is 0.340 e. The Kier molecular flexibility index (Phi) is 4.45. The van der Waals surface area contributed by atoms with Crippen LogP contribution in [-0.4, -0.2) is 60.7 Å². The number of amides is 1. The molecule has 0 radical (unpaired) electrons. The number of sulfonamides is 1. The van der Waals surface area contributed by atoms with Gasteiger partial charge >= 0.3 is 0 Å². The van der Waals surface area contributed by atoms with E-state index in [1.54, 1.807) is 0 Å². The molecule has 0 N–H and O–H groups in total. The Labute approximate surface area is 142 Å². The zero-order valence-electron chi connectivity index (χ0n) is 13.0. The maximum Gasteiger partial charge on any atom is 0.243 e. The summed E-state index contributed by atoms with van der Waals surface area (Å²) in [6.45, 7) is 0.178. The van der Waals surface area contributed by atoms with Crippen LogP contribution in [0.1, 0.15) is 6.42 Å². The molecule has 0 unspecified atom stereocenters. The number of hydrogen-bond acceptors (Lipinski definition) is 5. The van der Waals surface area contributed by atoms with Gasteiger partial charge in [0.2, 0.25) is 22.0 Å². The van der Waals surface area contributed by atoms with E-state index in [1.807, 2.05) is 0 Å². The van der Waals surface area contributed by atoms with Crippen LogP contribution < -0.4 is 0 Å². The fourth-order valence-electron chi connectivity index (χ4n) is 2.85. The molecule has 0 spiro atoms. The number of nitrogens with zero attached hydrogens (tertiary/aromatic N) is 3. The number of hydrogen-bond donors (Lipinski definition) is 0. The molecule has 11 heteroatoms. The molecule has 1 aliphatic carbocycles. The molecule has 8 nitrogen and oxygen atoms in total. The zero-order valence-corrected chi connectivity index (χ0v) is 13.8. The maximum atomic E-state index is 13.3. The topological polar surface area (TPSA) is 101 Å². The highest BCUT2D eigenvalue weighted by Gasteiger charge is 2.54. The molecule has 1 aliphatic heterocycles. The lowest BCUT2D eigenvalue weighted by atomic mass is 10.3. The molecule has 1 aromatic carbocycles. The van der Waals surface area contributed by atoms with E-state index in [9.17, 15) is 32.1 Å². The lowest BCUT2D eigenvalue weighted by Gasteiger charge is -2.34. The number of rotatable bonds is 4. The summed E-state index contributed by atoms with van der Waals surface area (Å²) in [6, 6.07) is 1.49. The smallest absolute Gasteiger partial charge is 0.243 e. The Hall–Kier alpha value is -2.14. The minimum absolute atomic E-state index is 0.0110. The summed E-state index contributed by atoms with van der Waals surface area (Å²) >= 11 is 0. The third kappa shape index (κ3) is 3.33. The van der Waals surface area contributed by atoms with E-state index in [-0.39, 0.29) is 43.4 Å². The van der Waals surface area contributed by atoms with Gasteiger partial charge in [0.05, 0.1) is 4.90 Å². The van der Waals surface area contributed by atoms with Crippen molar-refractivity contribution in [2.45, 2.75) is 17.4 Å². The van der Waals surface area contributed by atoms with E-state index >= 15 is 0 Å². The van der Waals surface area contributed by atoms with Crippen LogP contribution in [0.3, 0.4) is 0 Å². The molecule has 2 fully saturated rings. The van der Waals surface area contributed by atoms with Crippen LogP contribution in [-0.2, 0) is 14.8 Å². The molecule has 136 valence electrons. The number of piperazine rings is 1. The van der Waals surface area contributed by atoms with Crippen LogP contribution in [0.5, 0.6) is 0 Å². The van der Waals surface area contributed by atoms with Crippen molar-refractivity contribution in [3.63, 3.8) is 0 Å². The van der Waals surface area contributed by atoms with Crippen LogP contribution in [0.25, 0.3) is 0 Å². The standard InChI is InChI=1S/C14H15F2N3O5S/c15-11-2-1-9(7-12(11)16)25(23,24)18-5-3-17(4-6-18)14(20)10-8-13(10)19(21)22/h1-2,7,10,13H,3-6,8H2/t10-,13+/m1/s1. The summed E-state index contributed by atoms with van der Waals surface area (Å²) in [4.78, 5) is 23.4. The molecule has 3 rings (SSSR count). The van der Waals surface area contributed by atoms with E-state index in [0.29, 0.717) is 6.07 Å². The summed E-state index contributed by atoms with van der Waals surface area (Å²) in [5, 5.41) is 10.6. The highest BCUT2D eigenvalue weighted by molar-refractivity contribution is 7.89. The molecular formula is C14H15F2N3O5S. The van der Waals surface area contributed by atoms with Crippen molar-refractivity contribution in [1.29, 1.82) is 0 Å². The first-order valence-electron chi connectivity index (χ1n) is 7.59. The van der Waals surface area contributed by atoms with Gasteiger partial charge in [-0.25, -0.2) is 17.2 Å². The molecule has 1 saturated heterocycles. The third-order valence-electron chi connectivity index (χ3n) is 4.42. The summed E-state index contributed by atoms with van der Waals surface area (Å²) in [7, 11) is -4.00. The van der Waals surface area contributed by atoms with Crippen molar-refractivity contribution < 1.29 is 26.9 Å². The van der Waals surface area contributed by atoms with Crippen molar-refractivity contribution >= 4 is 15.9 Å². The average Bonchev–Trinajstić information content (AvgIpc) is 3.37. The third-order valence-corrected chi connectivity index (χ3v) is 6.32. The quantitative estimate of drug-likeness (QED) is 0.562. The predicted octanol–water partition coefficient (Wildman–Crippen LogP) is 0.463. The van der Waals surface area contributed by atoms with Gasteiger partial charge in [-0.3, -0.25) is 14.9 Å². The van der Waals surface area contributed by atoms with Gasteiger partial charge in [0.1, 0.15) is 5.92 Å². The van der Waals surface area contributed by atoms with Crippen LogP contribution in [0.15, 0.2) is 23.1 Å². The van der Waals surface area contributed by atoms with Gasteiger partial charge in [0.15, 0.2) is 11.6 Å². The summed E-state index contributed by atoms with van der Waals surface area (Å²) in [5.74, 6) is -3.37. The number of benzene rings is 1. The molecule has 1 aromatic rings. The lowest BCUT2D eigenvalue weighted by molar-refractivity contribution is -0.497. The average molecular weight is 375 g/mol. The van der Waals surface area contributed by atoms with Crippen LogP contribution in [0.4, 0.5) is 8.78 Å². The minimum Gasteiger partial charge on any atom is -0.340 e. The Morgan fingerprint density at radius 3 is 2.32 bits per heavy atom. The maximum absolute atomic E-state index is 13.3. The van der Waals surface area contributed by atoms with Crippen molar-refractivity contribution in [1.82, 2.24) is 9.21 Å². The zero-order chi connectivity index (χ0) is 18.4. The Bertz CT molecular complexity index is 824. The molecule has 1 amide bonds. The first kappa shape index (κ1) is 17.7. The fraction of sp³-hybridized carbons (Fsp3) is 0.500. The van der Waals surface area contributed by atoms with Crippen LogP contribution >= 0.6 is 0 Å². The Morgan fingerprint density at radius 1 is 1.16 bits per heavy atom. The Morgan fingerprint density at radius 2 is 1.80 bits per heavy atom. The molecule has 2 atom stereocenters. The molecule has 25 heavy (non-hydrogen) atoms. The second-order valence-corrected chi connectivity index (χ2v) is 7.94. The van der Waals surface area contributed by atoms with E-state index in [2.05, 4.69) is 0 Å². The van der Waals surface area contributed by atoms with E-state index in [1.165, 1.54) is 4.90 Å². The summed E-state index contributed by atoms with van der Waals surface area (Å²) in [5.41, 5.74) is 0. The van der Waals surface area contributed by atoms with Gasteiger partial charge in [-0.15, -0.1) is 0 Å². The monoisotopic (exact) mass is 375 g/mol. The van der Waals surface area contributed by atoms with E-state index < -0.39 is 38.5 Å². The summed E-state index contributed by atoms with van der Waals surface area (Å²) in [6.07, 6.45) is 0.208. The van der Waals surface area contributed by atoms with Crippen molar-refractivity contribution in [3.05, 3.63) is 39.9 Å².